The van der Waals surface area contributed by atoms with Gasteiger partial charge in [0, 0.05) is 48.8 Å². The third-order valence-electron chi connectivity index (χ3n) is 10.9. The van der Waals surface area contributed by atoms with Crippen molar-refractivity contribution in [3.63, 3.8) is 0 Å². The van der Waals surface area contributed by atoms with E-state index in [4.69, 9.17) is 4.74 Å². The molecule has 29 heavy (non-hydrogen) atoms. The maximum atomic E-state index is 12.3. The van der Waals surface area contributed by atoms with Gasteiger partial charge in [0.25, 0.3) is 0 Å². The van der Waals surface area contributed by atoms with E-state index in [1.165, 1.54) is 0 Å². The lowest BCUT2D eigenvalue weighted by molar-refractivity contribution is -0.312. The zero-order chi connectivity index (χ0) is 20.6. The molecule has 1 heterocycles. The molecule has 7 heteroatoms. The van der Waals surface area contributed by atoms with Gasteiger partial charge < -0.3 is 30.3 Å². The highest BCUT2D eigenvalue weighted by Crippen LogP contribution is 2.79. The number of rotatable bonds is 3. The van der Waals surface area contributed by atoms with Crippen molar-refractivity contribution in [2.45, 2.75) is 74.6 Å². The van der Waals surface area contributed by atoms with Crippen LogP contribution in [0.1, 0.15) is 39.0 Å². The van der Waals surface area contributed by atoms with E-state index in [0.29, 0.717) is 38.8 Å². The lowest BCUT2D eigenvalue weighted by Gasteiger charge is -2.70. The number of nitrogens with zero attached hydrogens (tertiary/aromatic N) is 1. The average Bonchev–Trinajstić information content (AvgIpc) is 3.08. The van der Waals surface area contributed by atoms with Crippen molar-refractivity contribution in [2.75, 3.05) is 26.8 Å². The van der Waals surface area contributed by atoms with Crippen LogP contribution >= 0.6 is 0 Å². The first-order valence-corrected chi connectivity index (χ1v) is 11.4. The molecule has 1 aliphatic heterocycles. The van der Waals surface area contributed by atoms with Gasteiger partial charge in [0.2, 0.25) is 0 Å². The molecule has 5 aliphatic carbocycles. The van der Waals surface area contributed by atoms with Crippen molar-refractivity contribution in [3.8, 4) is 0 Å². The first-order valence-electron chi connectivity index (χ1n) is 11.4. The van der Waals surface area contributed by atoms with Crippen LogP contribution in [0.2, 0.25) is 0 Å². The summed E-state index contributed by atoms with van der Waals surface area (Å²) in [5.41, 5.74) is -3.84. The van der Waals surface area contributed by atoms with Gasteiger partial charge in [-0.25, -0.2) is 0 Å². The SMILES string of the molecule is CCN1C[C@]2(CO)CC[C@H](O)[C@@]34[C@@H]5C[C@H]6[C@H](O)[C@@H]5[C@](O)(C[C@@H]6OC)[C@](O)(C[C@H]23)[C@@H]14. The molecule has 164 valence electrons. The summed E-state index contributed by atoms with van der Waals surface area (Å²) in [6.45, 7) is 3.48. The average molecular weight is 410 g/mol. The third kappa shape index (κ3) is 1.74. The van der Waals surface area contributed by atoms with Gasteiger partial charge in [-0.3, -0.25) is 4.90 Å². The van der Waals surface area contributed by atoms with Crippen LogP contribution in [0, 0.1) is 34.5 Å². The standard InChI is InChI=1S/C22H35NO6/c1-3-23-9-19(10-24)5-4-15(25)22-12-6-11-13(29-2)7-20(27,16(12)17(11)26)21(28,18(22)23)8-14(19)22/h11-18,24-28H,3-10H2,1-2H3/t11-,12-,13+,14-,15+,16-,17+,18-,19+,20-,21+,22-/m1/s1. The van der Waals surface area contributed by atoms with Crippen molar-refractivity contribution in [1.82, 2.24) is 4.90 Å². The summed E-state index contributed by atoms with van der Waals surface area (Å²) >= 11 is 0. The van der Waals surface area contributed by atoms with Gasteiger partial charge in [0.1, 0.15) is 11.2 Å². The van der Waals surface area contributed by atoms with Crippen LogP contribution in [0.3, 0.4) is 0 Å². The molecular formula is C22H35NO6. The van der Waals surface area contributed by atoms with E-state index >= 15 is 0 Å². The highest BCUT2D eigenvalue weighted by Gasteiger charge is 2.88. The summed E-state index contributed by atoms with van der Waals surface area (Å²) in [7, 11) is 1.62. The Morgan fingerprint density at radius 2 is 1.90 bits per heavy atom. The molecule has 1 spiro atoms. The maximum Gasteiger partial charge on any atom is 0.110 e. The summed E-state index contributed by atoms with van der Waals surface area (Å²) < 4.78 is 5.70. The lowest BCUT2D eigenvalue weighted by Crippen LogP contribution is -2.81. The Bertz CT molecular complexity index is 736. The summed E-state index contributed by atoms with van der Waals surface area (Å²) in [4.78, 5) is 2.23. The Labute approximate surface area is 171 Å². The van der Waals surface area contributed by atoms with E-state index in [0.717, 1.165) is 6.42 Å². The zero-order valence-electron chi connectivity index (χ0n) is 17.4. The van der Waals surface area contributed by atoms with Gasteiger partial charge in [-0.1, -0.05) is 6.92 Å². The molecule has 0 aromatic carbocycles. The minimum absolute atomic E-state index is 0.0356. The topological polar surface area (TPSA) is 114 Å². The van der Waals surface area contributed by atoms with E-state index in [9.17, 15) is 25.5 Å². The van der Waals surface area contributed by atoms with Crippen molar-refractivity contribution in [1.29, 1.82) is 0 Å². The van der Waals surface area contributed by atoms with Crippen LogP contribution in [0.4, 0.5) is 0 Å². The molecule has 0 aromatic heterocycles. The third-order valence-corrected chi connectivity index (χ3v) is 10.9. The second-order valence-corrected chi connectivity index (χ2v) is 11.1. The highest BCUT2D eigenvalue weighted by molar-refractivity contribution is 5.38. The minimum Gasteiger partial charge on any atom is -0.396 e. The van der Waals surface area contributed by atoms with Gasteiger partial charge in [-0.2, -0.15) is 0 Å². The largest absolute Gasteiger partial charge is 0.396 e. The fourth-order valence-corrected chi connectivity index (χ4v) is 10.1. The number of hydrogen-bond acceptors (Lipinski definition) is 7. The van der Waals surface area contributed by atoms with Crippen molar-refractivity contribution in [2.24, 2.45) is 34.5 Å². The second kappa shape index (κ2) is 5.55. The van der Waals surface area contributed by atoms with E-state index < -0.39 is 34.7 Å². The Balaban J connectivity index is 1.63. The minimum atomic E-state index is -1.45. The summed E-state index contributed by atoms with van der Waals surface area (Å²) in [5.74, 6) is -0.665. The molecule has 1 saturated heterocycles. The fourth-order valence-electron chi connectivity index (χ4n) is 10.1. The van der Waals surface area contributed by atoms with Gasteiger partial charge in [0.05, 0.1) is 24.9 Å². The highest BCUT2D eigenvalue weighted by atomic mass is 16.5. The quantitative estimate of drug-likeness (QED) is 0.420. The first-order chi connectivity index (χ1) is 13.7. The van der Waals surface area contributed by atoms with Crippen LogP contribution in [0.15, 0.2) is 0 Å². The predicted octanol–water partition coefficient (Wildman–Crippen LogP) is -0.662. The number of aliphatic hydroxyl groups is 5. The fraction of sp³-hybridized carbons (Fsp3) is 1.00. The Kier molecular flexibility index (Phi) is 3.71. The molecule has 5 N–H and O–H groups in total. The number of likely N-dealkylation sites (N-methyl/N-ethyl adjacent to an activating group) is 1. The smallest absolute Gasteiger partial charge is 0.110 e. The molecule has 0 amide bonds. The Hall–Kier alpha value is -0.280. The first kappa shape index (κ1) is 19.4. The number of fused-ring (bicyclic) bond motifs is 2. The number of ether oxygens (including phenoxy) is 1. The second-order valence-electron chi connectivity index (χ2n) is 11.1. The van der Waals surface area contributed by atoms with Gasteiger partial charge in [-0.15, -0.1) is 0 Å². The van der Waals surface area contributed by atoms with Crippen LogP contribution < -0.4 is 0 Å². The van der Waals surface area contributed by atoms with Gasteiger partial charge >= 0.3 is 0 Å². The van der Waals surface area contributed by atoms with Gasteiger partial charge in [-0.05, 0) is 44.1 Å². The number of methoxy groups -OCH3 is 1. The van der Waals surface area contributed by atoms with Crippen LogP contribution in [0.25, 0.3) is 0 Å². The molecule has 0 radical (unpaired) electrons. The molecule has 7 nitrogen and oxygen atoms in total. The molecule has 6 fully saturated rings. The van der Waals surface area contributed by atoms with Crippen molar-refractivity contribution in [3.05, 3.63) is 0 Å². The van der Waals surface area contributed by atoms with E-state index in [2.05, 4.69) is 11.8 Å². The van der Waals surface area contributed by atoms with Crippen molar-refractivity contribution >= 4 is 0 Å². The van der Waals surface area contributed by atoms with E-state index in [-0.39, 0.29) is 41.9 Å². The molecule has 0 unspecified atom stereocenters. The number of aliphatic hydroxyl groups excluding tert-OH is 3. The predicted molar refractivity (Wildman–Crippen MR) is 103 cm³/mol. The van der Waals surface area contributed by atoms with E-state index in [1.54, 1.807) is 7.11 Å². The van der Waals surface area contributed by atoms with E-state index in [1.807, 2.05) is 0 Å². The molecule has 6 aliphatic rings. The number of likely N-dealkylation sites (tertiary alicyclic amines) is 1. The molecular weight excluding hydrogens is 374 g/mol. The normalized spacial score (nSPS) is 65.1. The molecule has 0 aromatic rings. The van der Waals surface area contributed by atoms with Gasteiger partial charge in [0.15, 0.2) is 0 Å². The lowest BCUT2D eigenvalue weighted by atomic mass is 9.43. The molecule has 12 atom stereocenters. The van der Waals surface area contributed by atoms with Crippen molar-refractivity contribution < 1.29 is 30.3 Å². The summed E-state index contributed by atoms with van der Waals surface area (Å²) in [6, 6.07) is -0.354. The molecule has 7 bridgehead atoms. The Morgan fingerprint density at radius 3 is 2.55 bits per heavy atom. The maximum absolute atomic E-state index is 12.3. The van der Waals surface area contributed by atoms with Crippen LogP contribution in [-0.4, -0.2) is 92.8 Å². The molecule has 6 rings (SSSR count). The monoisotopic (exact) mass is 409 g/mol. The van der Waals surface area contributed by atoms with Crippen LogP contribution in [-0.2, 0) is 4.74 Å². The Morgan fingerprint density at radius 1 is 1.14 bits per heavy atom. The zero-order valence-corrected chi connectivity index (χ0v) is 17.4. The summed E-state index contributed by atoms with van der Waals surface area (Å²) in [5, 5.41) is 57.9. The summed E-state index contributed by atoms with van der Waals surface area (Å²) in [6.07, 6.45) is 1.11. The number of piperidine rings is 1. The van der Waals surface area contributed by atoms with Crippen LogP contribution in [0.5, 0.6) is 0 Å². The number of hydrogen-bond donors (Lipinski definition) is 5. The molecule has 5 saturated carbocycles.